The lowest BCUT2D eigenvalue weighted by atomic mass is 9.97. The number of anilines is 3. The van der Waals surface area contributed by atoms with Gasteiger partial charge in [0.2, 0.25) is 5.71 Å². The number of hydrogen-bond donors (Lipinski definition) is 0. The van der Waals surface area contributed by atoms with Crippen LogP contribution in [-0.2, 0) is 0 Å². The molecular formula is C49H32N2O. The Balaban J connectivity index is 1.13. The summed E-state index contributed by atoms with van der Waals surface area (Å²) < 4.78 is 6.53. The first kappa shape index (κ1) is 29.9. The van der Waals surface area contributed by atoms with Gasteiger partial charge < -0.3 is 9.32 Å². The molecule has 10 aromatic rings. The third kappa shape index (κ3) is 5.10. The van der Waals surface area contributed by atoms with E-state index in [9.17, 15) is 0 Å². The third-order valence-electron chi connectivity index (χ3n) is 10.1. The van der Waals surface area contributed by atoms with Crippen molar-refractivity contribution in [2.45, 2.75) is 0 Å². The monoisotopic (exact) mass is 664 g/mol. The topological polar surface area (TPSA) is 29.3 Å². The molecule has 0 fully saturated rings. The van der Waals surface area contributed by atoms with Crippen LogP contribution in [0.2, 0.25) is 0 Å². The molecule has 0 aliphatic heterocycles. The van der Waals surface area contributed by atoms with E-state index in [0.29, 0.717) is 5.71 Å². The van der Waals surface area contributed by atoms with Gasteiger partial charge in [-0.3, -0.25) is 0 Å². The van der Waals surface area contributed by atoms with E-state index in [1.54, 1.807) is 6.20 Å². The fourth-order valence-corrected chi connectivity index (χ4v) is 7.61. The Hall–Kier alpha value is -6.97. The average Bonchev–Trinajstić information content (AvgIpc) is 3.61. The van der Waals surface area contributed by atoms with Gasteiger partial charge in [-0.15, -0.1) is 0 Å². The van der Waals surface area contributed by atoms with Crippen LogP contribution < -0.4 is 4.90 Å². The first-order chi connectivity index (χ1) is 25.8. The summed E-state index contributed by atoms with van der Waals surface area (Å²) in [5.41, 5.74) is 11.8. The van der Waals surface area contributed by atoms with Crippen molar-refractivity contribution in [1.82, 2.24) is 4.98 Å². The van der Waals surface area contributed by atoms with Crippen LogP contribution in [0.4, 0.5) is 17.1 Å². The van der Waals surface area contributed by atoms with Crippen molar-refractivity contribution in [1.29, 1.82) is 0 Å². The third-order valence-corrected chi connectivity index (χ3v) is 10.1. The SMILES string of the molecule is c1ccc(-c2cccc(-c3ccc(N(c4ccc(-c5cccc6ccccc56)cc4)c4cccc5ccc6c7cccnc7oc6c45)cc3)c2)cc1. The Morgan fingerprint density at radius 2 is 1.02 bits per heavy atom. The molecule has 8 aromatic carbocycles. The van der Waals surface area contributed by atoms with Gasteiger partial charge >= 0.3 is 0 Å². The van der Waals surface area contributed by atoms with Gasteiger partial charge in [-0.2, -0.15) is 0 Å². The van der Waals surface area contributed by atoms with Gasteiger partial charge in [0.1, 0.15) is 5.58 Å². The van der Waals surface area contributed by atoms with Gasteiger partial charge in [-0.05, 0) is 104 Å². The number of benzene rings is 8. The molecule has 3 nitrogen and oxygen atoms in total. The fourth-order valence-electron chi connectivity index (χ4n) is 7.61. The molecule has 0 saturated heterocycles. The first-order valence-electron chi connectivity index (χ1n) is 17.6. The van der Waals surface area contributed by atoms with Crippen LogP contribution in [0.1, 0.15) is 0 Å². The highest BCUT2D eigenvalue weighted by atomic mass is 16.3. The minimum Gasteiger partial charge on any atom is -0.437 e. The average molecular weight is 665 g/mol. The highest BCUT2D eigenvalue weighted by Crippen LogP contribution is 2.44. The second-order valence-corrected chi connectivity index (χ2v) is 13.2. The van der Waals surface area contributed by atoms with Crippen LogP contribution in [0.15, 0.2) is 199 Å². The number of pyridine rings is 1. The Bertz CT molecular complexity index is 2880. The highest BCUT2D eigenvalue weighted by Gasteiger charge is 2.20. The van der Waals surface area contributed by atoms with Gasteiger partial charge in [0, 0.05) is 33.7 Å². The number of hydrogen-bond acceptors (Lipinski definition) is 3. The van der Waals surface area contributed by atoms with Crippen molar-refractivity contribution in [2.24, 2.45) is 0 Å². The first-order valence-corrected chi connectivity index (χ1v) is 17.6. The summed E-state index contributed by atoms with van der Waals surface area (Å²) in [5, 5.41) is 6.72. The lowest BCUT2D eigenvalue weighted by Crippen LogP contribution is -2.10. The maximum absolute atomic E-state index is 6.53. The molecule has 2 heterocycles. The standard InChI is InChI=1S/C49H32N2O/c1-2-10-33(11-3-1)38-15-6-16-39(32-38)34-21-26-40(27-22-34)51(41-28-23-36(24-29-41)43-18-7-13-35-12-4-5-17-42(35)43)46-20-8-14-37-25-30-44-45-19-9-31-50-49(45)52-48(44)47(37)46/h1-32H. The molecule has 52 heavy (non-hydrogen) atoms. The molecule has 0 saturated carbocycles. The molecule has 10 rings (SSSR count). The largest absolute Gasteiger partial charge is 0.437 e. The van der Waals surface area contributed by atoms with Crippen molar-refractivity contribution < 1.29 is 4.42 Å². The van der Waals surface area contributed by atoms with E-state index >= 15 is 0 Å². The Morgan fingerprint density at radius 3 is 1.83 bits per heavy atom. The lowest BCUT2D eigenvalue weighted by molar-refractivity contribution is 0.657. The van der Waals surface area contributed by atoms with Gasteiger partial charge in [0.05, 0.1) is 5.69 Å². The summed E-state index contributed by atoms with van der Waals surface area (Å²) in [6.45, 7) is 0. The van der Waals surface area contributed by atoms with E-state index in [-0.39, 0.29) is 0 Å². The molecule has 0 spiro atoms. The van der Waals surface area contributed by atoms with E-state index in [2.05, 4.69) is 192 Å². The molecule has 0 aliphatic carbocycles. The zero-order valence-electron chi connectivity index (χ0n) is 28.3. The fraction of sp³-hybridized carbons (Fsp3) is 0. The molecule has 0 bridgehead atoms. The highest BCUT2D eigenvalue weighted by molar-refractivity contribution is 6.19. The molecular weight excluding hydrogens is 633 g/mol. The van der Waals surface area contributed by atoms with E-state index in [0.717, 1.165) is 49.8 Å². The zero-order chi connectivity index (χ0) is 34.4. The van der Waals surface area contributed by atoms with Crippen LogP contribution in [0.5, 0.6) is 0 Å². The molecule has 3 heteroatoms. The second-order valence-electron chi connectivity index (χ2n) is 13.2. The summed E-state index contributed by atoms with van der Waals surface area (Å²) >= 11 is 0. The van der Waals surface area contributed by atoms with Crippen LogP contribution in [0, 0.1) is 0 Å². The molecule has 0 radical (unpaired) electrons. The lowest BCUT2D eigenvalue weighted by Gasteiger charge is -2.27. The predicted octanol–water partition coefficient (Wildman–Crippen LogP) is 13.8. The minimum absolute atomic E-state index is 0.646. The Labute approximate surface area is 301 Å². The molecule has 0 atom stereocenters. The number of aromatic nitrogens is 1. The normalized spacial score (nSPS) is 11.5. The minimum atomic E-state index is 0.646. The number of nitrogens with zero attached hydrogens (tertiary/aromatic N) is 2. The van der Waals surface area contributed by atoms with E-state index in [1.165, 1.54) is 38.6 Å². The van der Waals surface area contributed by atoms with Crippen LogP contribution in [0.25, 0.3) is 77.0 Å². The molecule has 244 valence electrons. The van der Waals surface area contributed by atoms with Crippen molar-refractivity contribution in [3.63, 3.8) is 0 Å². The molecule has 0 N–H and O–H groups in total. The van der Waals surface area contributed by atoms with Gasteiger partial charge in [0.15, 0.2) is 0 Å². The summed E-state index contributed by atoms with van der Waals surface area (Å²) in [6.07, 6.45) is 1.79. The van der Waals surface area contributed by atoms with Gasteiger partial charge in [0.25, 0.3) is 0 Å². The predicted molar refractivity (Wildman–Crippen MR) is 218 cm³/mol. The number of rotatable bonds is 6. The smallest absolute Gasteiger partial charge is 0.227 e. The number of fused-ring (bicyclic) bond motifs is 6. The van der Waals surface area contributed by atoms with Gasteiger partial charge in [-0.1, -0.05) is 133 Å². The maximum Gasteiger partial charge on any atom is 0.227 e. The van der Waals surface area contributed by atoms with Crippen molar-refractivity contribution in [3.8, 4) is 33.4 Å². The van der Waals surface area contributed by atoms with Crippen molar-refractivity contribution in [2.75, 3.05) is 4.90 Å². The summed E-state index contributed by atoms with van der Waals surface area (Å²) in [6, 6.07) is 67.1. The molecule has 0 amide bonds. The molecule has 0 unspecified atom stereocenters. The van der Waals surface area contributed by atoms with Crippen LogP contribution in [-0.4, -0.2) is 4.98 Å². The van der Waals surface area contributed by atoms with E-state index in [4.69, 9.17) is 4.42 Å². The van der Waals surface area contributed by atoms with Crippen molar-refractivity contribution in [3.05, 3.63) is 194 Å². The maximum atomic E-state index is 6.53. The van der Waals surface area contributed by atoms with Crippen molar-refractivity contribution >= 4 is 60.7 Å². The summed E-state index contributed by atoms with van der Waals surface area (Å²) in [4.78, 5) is 6.91. The van der Waals surface area contributed by atoms with E-state index in [1.807, 2.05) is 6.07 Å². The molecule has 2 aromatic heterocycles. The Kier molecular flexibility index (Phi) is 7.14. The Morgan fingerprint density at radius 1 is 0.404 bits per heavy atom. The zero-order valence-corrected chi connectivity index (χ0v) is 28.3. The summed E-state index contributed by atoms with van der Waals surface area (Å²) in [5.74, 6) is 0. The second kappa shape index (κ2) is 12.4. The van der Waals surface area contributed by atoms with Crippen LogP contribution >= 0.6 is 0 Å². The quantitative estimate of drug-likeness (QED) is 0.177. The van der Waals surface area contributed by atoms with Crippen LogP contribution in [0.3, 0.4) is 0 Å². The van der Waals surface area contributed by atoms with E-state index < -0.39 is 0 Å². The van der Waals surface area contributed by atoms with Gasteiger partial charge in [-0.25, -0.2) is 4.98 Å². The number of furan rings is 1. The molecule has 0 aliphatic rings. The summed E-state index contributed by atoms with van der Waals surface area (Å²) in [7, 11) is 0.